The van der Waals surface area contributed by atoms with Gasteiger partial charge in [-0.3, -0.25) is 9.59 Å². The van der Waals surface area contributed by atoms with Crippen molar-refractivity contribution in [3.05, 3.63) is 0 Å². The second kappa shape index (κ2) is 6.73. The van der Waals surface area contributed by atoms with Crippen molar-refractivity contribution in [1.29, 1.82) is 0 Å². The summed E-state index contributed by atoms with van der Waals surface area (Å²) in [5, 5.41) is 19.1. The van der Waals surface area contributed by atoms with Crippen molar-refractivity contribution in [1.82, 2.24) is 0 Å². The number of carboxylic acids is 1. The third-order valence-corrected chi connectivity index (χ3v) is 2.92. The van der Waals surface area contributed by atoms with Crippen LogP contribution in [0, 0.1) is 5.41 Å². The zero-order valence-corrected chi connectivity index (χ0v) is 11.7. The summed E-state index contributed by atoms with van der Waals surface area (Å²) in [7, 11) is 0. The Balaban J connectivity index is 5.09. The molecule has 0 rings (SSSR count). The number of rotatable bonds is 8. The lowest BCUT2D eigenvalue weighted by Gasteiger charge is -2.29. The van der Waals surface area contributed by atoms with Crippen LogP contribution in [0.4, 0.5) is 0 Å². The largest absolute Gasteiger partial charge is 0.480 e. The van der Waals surface area contributed by atoms with Crippen LogP contribution in [0.3, 0.4) is 0 Å². The molecule has 106 valence electrons. The quantitative estimate of drug-likeness (QED) is 0.515. The van der Waals surface area contributed by atoms with Gasteiger partial charge in [-0.05, 0) is 40.0 Å². The van der Waals surface area contributed by atoms with E-state index < -0.39 is 23.0 Å². The average molecular weight is 260 g/mol. The first kappa shape index (κ1) is 16.9. The first-order chi connectivity index (χ1) is 8.19. The van der Waals surface area contributed by atoms with Crippen LogP contribution in [0.5, 0.6) is 0 Å². The highest BCUT2D eigenvalue weighted by Gasteiger charge is 2.47. The van der Waals surface area contributed by atoms with Crippen LogP contribution in [0.1, 0.15) is 53.4 Å². The fourth-order valence-corrected chi connectivity index (χ4v) is 1.85. The van der Waals surface area contributed by atoms with Gasteiger partial charge in [0.1, 0.15) is 0 Å². The molecule has 0 aromatic rings. The van der Waals surface area contributed by atoms with Gasteiger partial charge in [-0.1, -0.05) is 13.3 Å². The Morgan fingerprint density at radius 1 is 1.11 bits per heavy atom. The number of aliphatic carboxylic acids is 1. The molecule has 0 aliphatic carbocycles. The van der Waals surface area contributed by atoms with Gasteiger partial charge in [-0.2, -0.15) is 0 Å². The van der Waals surface area contributed by atoms with Gasteiger partial charge in [-0.15, -0.1) is 0 Å². The van der Waals surface area contributed by atoms with E-state index in [4.69, 9.17) is 4.74 Å². The summed E-state index contributed by atoms with van der Waals surface area (Å²) in [6.45, 7) is 6.81. The van der Waals surface area contributed by atoms with Crippen LogP contribution in [0.2, 0.25) is 0 Å². The van der Waals surface area contributed by atoms with Gasteiger partial charge >= 0.3 is 11.9 Å². The molecule has 0 heterocycles. The Labute approximate surface area is 108 Å². The van der Waals surface area contributed by atoms with E-state index in [1.54, 1.807) is 20.8 Å². The summed E-state index contributed by atoms with van der Waals surface area (Å²) in [6.07, 6.45) is 1.10. The first-order valence-electron chi connectivity index (χ1n) is 6.32. The predicted molar refractivity (Wildman–Crippen MR) is 67.1 cm³/mol. The highest BCUT2D eigenvalue weighted by molar-refractivity contribution is 5.99. The van der Waals surface area contributed by atoms with Crippen molar-refractivity contribution >= 4 is 11.9 Å². The molecule has 0 saturated heterocycles. The van der Waals surface area contributed by atoms with E-state index in [2.05, 4.69) is 0 Å². The second-order valence-corrected chi connectivity index (χ2v) is 5.17. The highest BCUT2D eigenvalue weighted by Crippen LogP contribution is 2.34. The smallest absolute Gasteiger partial charge is 0.323 e. The van der Waals surface area contributed by atoms with Crippen LogP contribution >= 0.6 is 0 Å². The molecule has 0 aliphatic rings. The highest BCUT2D eigenvalue weighted by atomic mass is 16.5. The number of carboxylic acid groups (broad SMARTS) is 1. The Kier molecular flexibility index (Phi) is 6.32. The summed E-state index contributed by atoms with van der Waals surface area (Å²) in [5.74, 6) is -1.88. The first-order valence-corrected chi connectivity index (χ1v) is 6.32. The normalized spacial score (nSPS) is 14.9. The summed E-state index contributed by atoms with van der Waals surface area (Å²) in [5.41, 5.74) is -2.54. The van der Waals surface area contributed by atoms with Crippen molar-refractivity contribution in [2.24, 2.45) is 5.41 Å². The van der Waals surface area contributed by atoms with E-state index in [0.717, 1.165) is 0 Å². The van der Waals surface area contributed by atoms with Crippen LogP contribution in [-0.4, -0.2) is 34.4 Å². The lowest BCUT2D eigenvalue weighted by molar-refractivity contribution is -0.170. The minimum absolute atomic E-state index is 0.0819. The fraction of sp³-hybridized carbons (Fsp3) is 0.846. The van der Waals surface area contributed by atoms with E-state index in [1.807, 2.05) is 6.92 Å². The minimum atomic E-state index is -1.54. The maximum Gasteiger partial charge on any atom is 0.323 e. The molecule has 0 fully saturated rings. The number of aliphatic hydroxyl groups is 1. The molecule has 5 heteroatoms. The van der Waals surface area contributed by atoms with Gasteiger partial charge < -0.3 is 14.9 Å². The fourth-order valence-electron chi connectivity index (χ4n) is 1.85. The van der Waals surface area contributed by atoms with Gasteiger partial charge in [0.2, 0.25) is 0 Å². The van der Waals surface area contributed by atoms with Gasteiger partial charge in [0.05, 0.1) is 12.2 Å². The molecule has 0 radical (unpaired) electrons. The summed E-state index contributed by atoms with van der Waals surface area (Å²) in [4.78, 5) is 23.4. The number of carbonyl (C=O) groups is 2. The lowest BCUT2D eigenvalue weighted by Crippen LogP contribution is -2.42. The van der Waals surface area contributed by atoms with Crippen LogP contribution in [-0.2, 0) is 14.3 Å². The molecule has 0 aromatic carbocycles. The summed E-state index contributed by atoms with van der Waals surface area (Å²) < 4.78 is 4.89. The standard InChI is InChI=1S/C13H24O5/c1-5-7-13(10(14)15,11(16)18-6-2)9-8-12(3,4)17/h17H,5-9H2,1-4H3,(H,14,15). The molecule has 0 amide bonds. The van der Waals surface area contributed by atoms with E-state index >= 15 is 0 Å². The molecule has 1 unspecified atom stereocenters. The monoisotopic (exact) mass is 260 g/mol. The maximum atomic E-state index is 11.9. The number of carbonyl (C=O) groups excluding carboxylic acids is 1. The molecule has 1 atom stereocenters. The van der Waals surface area contributed by atoms with Gasteiger partial charge in [0.25, 0.3) is 0 Å². The Morgan fingerprint density at radius 2 is 1.67 bits per heavy atom. The number of hydrogen-bond donors (Lipinski definition) is 2. The molecule has 5 nitrogen and oxygen atoms in total. The molecule has 0 bridgehead atoms. The summed E-state index contributed by atoms with van der Waals surface area (Å²) in [6, 6.07) is 0. The third-order valence-electron chi connectivity index (χ3n) is 2.92. The Bertz CT molecular complexity index is 292. The Morgan fingerprint density at radius 3 is 2.00 bits per heavy atom. The van der Waals surface area contributed by atoms with E-state index in [0.29, 0.717) is 6.42 Å². The minimum Gasteiger partial charge on any atom is -0.480 e. The molecule has 2 N–H and O–H groups in total. The van der Waals surface area contributed by atoms with Crippen molar-refractivity contribution in [3.8, 4) is 0 Å². The maximum absolute atomic E-state index is 11.9. The SMILES string of the molecule is CCCC(CCC(C)(C)O)(C(=O)O)C(=O)OCC. The van der Waals surface area contributed by atoms with Crippen molar-refractivity contribution < 1.29 is 24.5 Å². The van der Waals surface area contributed by atoms with Gasteiger partial charge in [0, 0.05) is 0 Å². The summed E-state index contributed by atoms with van der Waals surface area (Å²) >= 11 is 0. The number of hydrogen-bond acceptors (Lipinski definition) is 4. The van der Waals surface area contributed by atoms with Gasteiger partial charge in [0.15, 0.2) is 5.41 Å². The van der Waals surface area contributed by atoms with E-state index in [1.165, 1.54) is 0 Å². The van der Waals surface area contributed by atoms with Crippen LogP contribution in [0.15, 0.2) is 0 Å². The molecule has 0 saturated carbocycles. The van der Waals surface area contributed by atoms with Crippen molar-refractivity contribution in [2.75, 3.05) is 6.61 Å². The lowest BCUT2D eigenvalue weighted by atomic mass is 9.77. The van der Waals surface area contributed by atoms with E-state index in [9.17, 15) is 19.8 Å². The predicted octanol–water partition coefficient (Wildman–Crippen LogP) is 1.97. The van der Waals surface area contributed by atoms with Crippen molar-refractivity contribution in [2.45, 2.75) is 59.0 Å². The molecular formula is C13H24O5. The van der Waals surface area contributed by atoms with Crippen LogP contribution < -0.4 is 0 Å². The molecule has 0 spiro atoms. The number of ether oxygens (including phenoxy) is 1. The average Bonchev–Trinajstić information content (AvgIpc) is 2.22. The zero-order chi connectivity index (χ0) is 14.4. The zero-order valence-electron chi connectivity index (χ0n) is 11.7. The molecule has 0 aromatic heterocycles. The number of esters is 1. The van der Waals surface area contributed by atoms with Crippen molar-refractivity contribution in [3.63, 3.8) is 0 Å². The molecular weight excluding hydrogens is 236 g/mol. The second-order valence-electron chi connectivity index (χ2n) is 5.17. The molecule has 18 heavy (non-hydrogen) atoms. The third kappa shape index (κ3) is 4.64. The van der Waals surface area contributed by atoms with E-state index in [-0.39, 0.29) is 25.9 Å². The van der Waals surface area contributed by atoms with Gasteiger partial charge in [-0.25, -0.2) is 0 Å². The molecule has 0 aliphatic heterocycles. The Hall–Kier alpha value is -1.10. The van der Waals surface area contributed by atoms with Crippen LogP contribution in [0.25, 0.3) is 0 Å². The topological polar surface area (TPSA) is 83.8 Å².